The third-order valence-electron chi connectivity index (χ3n) is 4.35. The Morgan fingerprint density at radius 2 is 1.75 bits per heavy atom. The first-order valence-corrected chi connectivity index (χ1v) is 11.0. The Bertz CT molecular complexity index is 984. The molecule has 0 fully saturated rings. The van der Waals surface area contributed by atoms with E-state index < -0.39 is 23.3 Å². The number of carbonyl (C=O) groups is 2. The summed E-state index contributed by atoms with van der Waals surface area (Å²) in [6.45, 7) is 7.06. The van der Waals surface area contributed by atoms with E-state index in [0.29, 0.717) is 40.1 Å². The van der Waals surface area contributed by atoms with E-state index in [0.717, 1.165) is 5.56 Å². The number of rotatable bonds is 8. The van der Waals surface area contributed by atoms with Crippen molar-refractivity contribution in [2.24, 2.45) is 5.41 Å². The van der Waals surface area contributed by atoms with E-state index in [1.54, 1.807) is 64.1 Å². The average molecular weight is 470 g/mol. The SMILES string of the molecule is Cc1ccc(CC(=O)O)cc1Oc1ccc(NC(=O)C(C)(C)C)cc1CSCC(F)(F)F. The molecule has 0 bridgehead atoms. The molecule has 2 aromatic carbocycles. The number of benzene rings is 2. The van der Waals surface area contributed by atoms with Crippen molar-refractivity contribution in [3.8, 4) is 11.5 Å². The van der Waals surface area contributed by atoms with Gasteiger partial charge in [0.2, 0.25) is 5.91 Å². The van der Waals surface area contributed by atoms with E-state index >= 15 is 0 Å². The summed E-state index contributed by atoms with van der Waals surface area (Å²) in [6.07, 6.45) is -4.48. The van der Waals surface area contributed by atoms with Crippen molar-refractivity contribution < 1.29 is 32.6 Å². The molecule has 0 aliphatic heterocycles. The highest BCUT2D eigenvalue weighted by Crippen LogP contribution is 2.34. The number of anilines is 1. The van der Waals surface area contributed by atoms with Crippen LogP contribution in [-0.4, -0.2) is 28.9 Å². The molecule has 0 aliphatic carbocycles. The van der Waals surface area contributed by atoms with Crippen LogP contribution in [0.2, 0.25) is 0 Å². The second kappa shape index (κ2) is 10.3. The van der Waals surface area contributed by atoms with E-state index in [-0.39, 0.29) is 18.1 Å². The van der Waals surface area contributed by atoms with Gasteiger partial charge in [0.25, 0.3) is 0 Å². The lowest BCUT2D eigenvalue weighted by Gasteiger charge is -2.19. The standard InChI is InChI=1S/C23H26F3NO4S/c1-14-5-6-15(10-20(28)29)9-19(14)31-18-8-7-17(27-21(30)22(2,3)4)11-16(18)12-32-13-23(24,25)26/h5-9,11H,10,12-13H2,1-4H3,(H,27,30)(H,28,29). The molecule has 2 aromatic rings. The van der Waals surface area contributed by atoms with Crippen LogP contribution in [0.5, 0.6) is 11.5 Å². The normalized spacial score (nSPS) is 11.8. The first kappa shape index (κ1) is 25.6. The number of aliphatic carboxylic acids is 1. The van der Waals surface area contributed by atoms with Crippen molar-refractivity contribution in [1.29, 1.82) is 0 Å². The van der Waals surface area contributed by atoms with E-state index in [4.69, 9.17) is 9.84 Å². The topological polar surface area (TPSA) is 75.6 Å². The molecule has 9 heteroatoms. The highest BCUT2D eigenvalue weighted by atomic mass is 32.2. The van der Waals surface area contributed by atoms with E-state index in [9.17, 15) is 22.8 Å². The third-order valence-corrected chi connectivity index (χ3v) is 5.40. The van der Waals surface area contributed by atoms with Crippen molar-refractivity contribution in [2.45, 2.75) is 46.0 Å². The molecule has 5 nitrogen and oxygen atoms in total. The zero-order chi connectivity index (χ0) is 24.1. The number of halogens is 3. The highest BCUT2D eigenvalue weighted by molar-refractivity contribution is 7.98. The molecule has 0 aromatic heterocycles. The first-order chi connectivity index (χ1) is 14.7. The van der Waals surface area contributed by atoms with Gasteiger partial charge in [-0.3, -0.25) is 9.59 Å². The molecule has 0 aliphatic rings. The van der Waals surface area contributed by atoms with E-state index in [2.05, 4.69) is 5.32 Å². The number of carboxylic acid groups (broad SMARTS) is 1. The van der Waals surface area contributed by atoms with Crippen molar-refractivity contribution in [1.82, 2.24) is 0 Å². The van der Waals surface area contributed by atoms with Gasteiger partial charge in [0, 0.05) is 22.4 Å². The molecular formula is C23H26F3NO4S. The molecule has 0 saturated heterocycles. The lowest BCUT2D eigenvalue weighted by Crippen LogP contribution is -2.27. The molecule has 0 spiro atoms. The Labute approximate surface area is 189 Å². The van der Waals surface area contributed by atoms with Gasteiger partial charge in [0.05, 0.1) is 12.2 Å². The van der Waals surface area contributed by atoms with E-state index in [1.165, 1.54) is 0 Å². The summed E-state index contributed by atoms with van der Waals surface area (Å²) in [7, 11) is 0. The van der Waals surface area contributed by atoms with Crippen molar-refractivity contribution in [2.75, 3.05) is 11.1 Å². The smallest absolute Gasteiger partial charge is 0.397 e. The molecule has 0 atom stereocenters. The molecule has 174 valence electrons. The predicted octanol–water partition coefficient (Wildman–Crippen LogP) is 6.19. The van der Waals surface area contributed by atoms with Crippen LogP contribution in [0.4, 0.5) is 18.9 Å². The fourth-order valence-electron chi connectivity index (χ4n) is 2.62. The molecule has 2 N–H and O–H groups in total. The minimum Gasteiger partial charge on any atom is -0.481 e. The summed E-state index contributed by atoms with van der Waals surface area (Å²) >= 11 is 0.691. The quantitative estimate of drug-likeness (QED) is 0.482. The number of carbonyl (C=O) groups excluding carboxylic acids is 1. The Hall–Kier alpha value is -2.68. The number of carboxylic acids is 1. The van der Waals surface area contributed by atoms with Gasteiger partial charge in [-0.15, -0.1) is 11.8 Å². The van der Waals surface area contributed by atoms with Gasteiger partial charge in [-0.1, -0.05) is 32.9 Å². The molecule has 2 rings (SSSR count). The maximum absolute atomic E-state index is 12.6. The highest BCUT2D eigenvalue weighted by Gasteiger charge is 2.27. The molecule has 1 amide bonds. The molecule has 0 saturated carbocycles. The lowest BCUT2D eigenvalue weighted by molar-refractivity contribution is -0.136. The fraction of sp³-hybridized carbons (Fsp3) is 0.391. The summed E-state index contributed by atoms with van der Waals surface area (Å²) in [5.74, 6) is -1.46. The zero-order valence-corrected chi connectivity index (χ0v) is 19.1. The number of hydrogen-bond donors (Lipinski definition) is 2. The second-order valence-electron chi connectivity index (χ2n) is 8.41. The number of alkyl halides is 3. The number of ether oxygens (including phenoxy) is 1. The Kier molecular flexibility index (Phi) is 8.23. The van der Waals surface area contributed by atoms with Gasteiger partial charge in [-0.05, 0) is 42.3 Å². The zero-order valence-electron chi connectivity index (χ0n) is 18.3. The van der Waals surface area contributed by atoms with Crippen LogP contribution in [0, 0.1) is 12.3 Å². The summed E-state index contributed by atoms with van der Waals surface area (Å²) in [4.78, 5) is 23.3. The van der Waals surface area contributed by atoms with Crippen LogP contribution in [0.3, 0.4) is 0 Å². The molecule has 32 heavy (non-hydrogen) atoms. The fourth-order valence-corrected chi connectivity index (χ4v) is 3.40. The minimum atomic E-state index is -4.30. The molecule has 0 heterocycles. The van der Waals surface area contributed by atoms with Crippen molar-refractivity contribution in [3.05, 3.63) is 53.1 Å². The Morgan fingerprint density at radius 1 is 1.06 bits per heavy atom. The van der Waals surface area contributed by atoms with Crippen molar-refractivity contribution >= 4 is 29.3 Å². The summed E-state index contributed by atoms with van der Waals surface area (Å²) < 4.78 is 43.9. The van der Waals surface area contributed by atoms with Crippen LogP contribution >= 0.6 is 11.8 Å². The van der Waals surface area contributed by atoms with Gasteiger partial charge in [-0.25, -0.2) is 0 Å². The number of hydrogen-bond acceptors (Lipinski definition) is 4. The van der Waals surface area contributed by atoms with Gasteiger partial charge < -0.3 is 15.2 Å². The van der Waals surface area contributed by atoms with Gasteiger partial charge in [0.1, 0.15) is 11.5 Å². The number of thioether (sulfide) groups is 1. The van der Waals surface area contributed by atoms with Crippen LogP contribution in [0.1, 0.15) is 37.5 Å². The minimum absolute atomic E-state index is 0.0158. The maximum Gasteiger partial charge on any atom is 0.397 e. The Balaban J connectivity index is 2.33. The summed E-state index contributed by atoms with van der Waals surface area (Å²) in [5.41, 5.74) is 1.59. The largest absolute Gasteiger partial charge is 0.481 e. The molecular weight excluding hydrogens is 443 g/mol. The van der Waals surface area contributed by atoms with Crippen LogP contribution < -0.4 is 10.1 Å². The summed E-state index contributed by atoms with van der Waals surface area (Å²) in [5, 5.41) is 11.8. The predicted molar refractivity (Wildman–Crippen MR) is 119 cm³/mol. The summed E-state index contributed by atoms with van der Waals surface area (Å²) in [6, 6.07) is 9.81. The van der Waals surface area contributed by atoms with E-state index in [1.807, 2.05) is 0 Å². The van der Waals surface area contributed by atoms with Crippen molar-refractivity contribution in [3.63, 3.8) is 0 Å². The Morgan fingerprint density at radius 3 is 2.34 bits per heavy atom. The third kappa shape index (κ3) is 8.11. The maximum atomic E-state index is 12.6. The number of amides is 1. The molecule has 0 radical (unpaired) electrons. The van der Waals surface area contributed by atoms with Crippen LogP contribution in [-0.2, 0) is 21.8 Å². The second-order valence-corrected chi connectivity index (χ2v) is 9.39. The lowest BCUT2D eigenvalue weighted by atomic mass is 9.95. The monoisotopic (exact) mass is 469 g/mol. The average Bonchev–Trinajstić information content (AvgIpc) is 2.64. The van der Waals surface area contributed by atoms with Gasteiger partial charge in [0.15, 0.2) is 0 Å². The van der Waals surface area contributed by atoms with Gasteiger partial charge >= 0.3 is 12.1 Å². The number of nitrogens with one attached hydrogen (secondary N) is 1. The van der Waals surface area contributed by atoms with Gasteiger partial charge in [-0.2, -0.15) is 13.2 Å². The first-order valence-electron chi connectivity index (χ1n) is 9.82. The molecule has 0 unspecified atom stereocenters. The van der Waals surface area contributed by atoms with Crippen LogP contribution in [0.15, 0.2) is 36.4 Å². The number of aryl methyl sites for hydroxylation is 1. The van der Waals surface area contributed by atoms with Crippen LogP contribution in [0.25, 0.3) is 0 Å².